The molecule has 1 N–H and O–H groups in total. The van der Waals surface area contributed by atoms with E-state index in [4.69, 9.17) is 0 Å². The van der Waals surface area contributed by atoms with Gasteiger partial charge in [0.2, 0.25) is 0 Å². The Morgan fingerprint density at radius 2 is 2.05 bits per heavy atom. The minimum Gasteiger partial charge on any atom is -0.368 e. The first-order valence-electron chi connectivity index (χ1n) is 7.11. The first kappa shape index (κ1) is 12.9. The van der Waals surface area contributed by atoms with Gasteiger partial charge in [-0.15, -0.1) is 0 Å². The summed E-state index contributed by atoms with van der Waals surface area (Å²) >= 11 is 0. The van der Waals surface area contributed by atoms with E-state index in [9.17, 15) is 0 Å². The van der Waals surface area contributed by atoms with Gasteiger partial charge in [-0.1, -0.05) is 0 Å². The van der Waals surface area contributed by atoms with Crippen LogP contribution in [0.2, 0.25) is 0 Å². The van der Waals surface area contributed by atoms with Crippen LogP contribution in [0.3, 0.4) is 0 Å². The minimum atomic E-state index is 0.827. The SMILES string of the molecule is Cc1nccn1CCNc1cc(N2CCCC2)ncn1. The van der Waals surface area contributed by atoms with Gasteiger partial charge >= 0.3 is 0 Å². The number of aryl methyl sites for hydroxylation is 1. The maximum absolute atomic E-state index is 4.35. The standard InChI is InChI=1S/C14H20N6/c1-12-15-4-8-19(12)9-5-16-13-10-14(18-11-17-13)20-6-2-3-7-20/h4,8,10-11H,2-3,5-7,9H2,1H3,(H,16,17,18). The highest BCUT2D eigenvalue weighted by atomic mass is 15.2. The minimum absolute atomic E-state index is 0.827. The highest BCUT2D eigenvalue weighted by Gasteiger charge is 2.13. The lowest BCUT2D eigenvalue weighted by atomic mass is 10.4. The van der Waals surface area contributed by atoms with Crippen LogP contribution in [0.4, 0.5) is 11.6 Å². The van der Waals surface area contributed by atoms with E-state index in [1.807, 2.05) is 25.4 Å². The molecular formula is C14H20N6. The van der Waals surface area contributed by atoms with Crippen LogP contribution >= 0.6 is 0 Å². The third kappa shape index (κ3) is 2.89. The Morgan fingerprint density at radius 1 is 1.20 bits per heavy atom. The quantitative estimate of drug-likeness (QED) is 0.897. The van der Waals surface area contributed by atoms with E-state index in [1.54, 1.807) is 6.33 Å². The summed E-state index contributed by atoms with van der Waals surface area (Å²) in [6, 6.07) is 2.03. The molecule has 0 aliphatic carbocycles. The summed E-state index contributed by atoms with van der Waals surface area (Å²) < 4.78 is 2.12. The molecule has 0 atom stereocenters. The molecule has 6 nitrogen and oxygen atoms in total. The molecule has 1 aliphatic rings. The molecule has 0 radical (unpaired) electrons. The van der Waals surface area contributed by atoms with Gasteiger partial charge in [0.25, 0.3) is 0 Å². The maximum Gasteiger partial charge on any atom is 0.134 e. The van der Waals surface area contributed by atoms with Gasteiger partial charge in [-0.05, 0) is 19.8 Å². The van der Waals surface area contributed by atoms with Crippen molar-refractivity contribution in [1.29, 1.82) is 0 Å². The molecule has 0 aromatic carbocycles. The number of rotatable bonds is 5. The van der Waals surface area contributed by atoms with Gasteiger partial charge in [-0.25, -0.2) is 15.0 Å². The summed E-state index contributed by atoms with van der Waals surface area (Å²) in [5.74, 6) is 2.95. The first-order chi connectivity index (χ1) is 9.83. The number of hydrogen-bond acceptors (Lipinski definition) is 5. The van der Waals surface area contributed by atoms with Crippen LogP contribution in [0.1, 0.15) is 18.7 Å². The number of imidazole rings is 1. The highest BCUT2D eigenvalue weighted by molar-refractivity contribution is 5.48. The Hall–Kier alpha value is -2.11. The van der Waals surface area contributed by atoms with Gasteiger partial charge in [0.15, 0.2) is 0 Å². The van der Waals surface area contributed by atoms with Crippen LogP contribution in [0.25, 0.3) is 0 Å². The summed E-state index contributed by atoms with van der Waals surface area (Å²) in [4.78, 5) is 15.2. The molecule has 0 saturated carbocycles. The molecule has 3 heterocycles. The van der Waals surface area contributed by atoms with Crippen LogP contribution in [-0.4, -0.2) is 39.2 Å². The summed E-state index contributed by atoms with van der Waals surface area (Å²) in [6.45, 7) is 5.92. The van der Waals surface area contributed by atoms with Gasteiger partial charge in [0.05, 0.1) is 0 Å². The maximum atomic E-state index is 4.35. The fourth-order valence-electron chi connectivity index (χ4n) is 2.51. The lowest BCUT2D eigenvalue weighted by Crippen LogP contribution is -2.19. The monoisotopic (exact) mass is 272 g/mol. The summed E-state index contributed by atoms with van der Waals surface area (Å²) in [7, 11) is 0. The molecule has 2 aromatic rings. The summed E-state index contributed by atoms with van der Waals surface area (Å²) in [6.07, 6.45) is 7.97. The topological polar surface area (TPSA) is 58.9 Å². The van der Waals surface area contributed by atoms with Crippen LogP contribution < -0.4 is 10.2 Å². The number of aromatic nitrogens is 4. The van der Waals surface area contributed by atoms with Gasteiger partial charge in [-0.3, -0.25) is 0 Å². The van der Waals surface area contributed by atoms with Gasteiger partial charge in [-0.2, -0.15) is 0 Å². The highest BCUT2D eigenvalue weighted by Crippen LogP contribution is 2.19. The second-order valence-corrected chi connectivity index (χ2v) is 5.05. The molecule has 6 heteroatoms. The molecule has 0 spiro atoms. The van der Waals surface area contributed by atoms with Crippen molar-refractivity contribution >= 4 is 11.6 Å². The van der Waals surface area contributed by atoms with Crippen LogP contribution in [-0.2, 0) is 6.54 Å². The molecule has 0 amide bonds. The number of nitrogens with zero attached hydrogens (tertiary/aromatic N) is 5. The molecule has 0 unspecified atom stereocenters. The molecular weight excluding hydrogens is 252 g/mol. The average molecular weight is 272 g/mol. The molecule has 0 bridgehead atoms. The van der Waals surface area contributed by atoms with E-state index in [1.165, 1.54) is 12.8 Å². The first-order valence-corrected chi connectivity index (χ1v) is 7.11. The van der Waals surface area contributed by atoms with Crippen LogP contribution in [0.15, 0.2) is 24.8 Å². The zero-order chi connectivity index (χ0) is 13.8. The Morgan fingerprint density at radius 3 is 2.80 bits per heavy atom. The predicted octanol–water partition coefficient (Wildman–Crippen LogP) is 1.69. The van der Waals surface area contributed by atoms with E-state index < -0.39 is 0 Å². The fraction of sp³-hybridized carbons (Fsp3) is 0.500. The fourth-order valence-corrected chi connectivity index (χ4v) is 2.51. The van der Waals surface area contributed by atoms with Crippen molar-refractivity contribution in [2.45, 2.75) is 26.3 Å². The van der Waals surface area contributed by atoms with E-state index in [2.05, 4.69) is 29.7 Å². The van der Waals surface area contributed by atoms with Crippen molar-refractivity contribution in [1.82, 2.24) is 19.5 Å². The Bertz CT molecular complexity index is 558. The van der Waals surface area contributed by atoms with E-state index in [0.717, 1.165) is 43.6 Å². The second kappa shape index (κ2) is 5.90. The molecule has 3 rings (SSSR count). The average Bonchev–Trinajstić information content (AvgIpc) is 3.12. The van der Waals surface area contributed by atoms with Crippen LogP contribution in [0.5, 0.6) is 0 Å². The van der Waals surface area contributed by atoms with Crippen molar-refractivity contribution < 1.29 is 0 Å². The molecule has 2 aromatic heterocycles. The Labute approximate surface area is 118 Å². The lowest BCUT2D eigenvalue weighted by molar-refractivity contribution is 0.699. The van der Waals surface area contributed by atoms with Crippen LogP contribution in [0, 0.1) is 6.92 Å². The van der Waals surface area contributed by atoms with Gasteiger partial charge in [0, 0.05) is 44.6 Å². The summed E-state index contributed by atoms with van der Waals surface area (Å²) in [5.41, 5.74) is 0. The number of nitrogens with one attached hydrogen (secondary N) is 1. The van der Waals surface area contributed by atoms with Crippen molar-refractivity contribution in [3.05, 3.63) is 30.6 Å². The van der Waals surface area contributed by atoms with Gasteiger partial charge < -0.3 is 14.8 Å². The zero-order valence-electron chi connectivity index (χ0n) is 11.8. The molecule has 1 aliphatic heterocycles. The third-order valence-electron chi connectivity index (χ3n) is 3.67. The summed E-state index contributed by atoms with van der Waals surface area (Å²) in [5, 5.41) is 3.35. The largest absolute Gasteiger partial charge is 0.368 e. The Balaban J connectivity index is 1.57. The number of hydrogen-bond donors (Lipinski definition) is 1. The zero-order valence-corrected chi connectivity index (χ0v) is 11.8. The molecule has 20 heavy (non-hydrogen) atoms. The van der Waals surface area contributed by atoms with Crippen molar-refractivity contribution in [3.63, 3.8) is 0 Å². The van der Waals surface area contributed by atoms with E-state index in [0.29, 0.717) is 0 Å². The third-order valence-corrected chi connectivity index (χ3v) is 3.67. The second-order valence-electron chi connectivity index (χ2n) is 5.05. The van der Waals surface area contributed by atoms with E-state index in [-0.39, 0.29) is 0 Å². The number of anilines is 2. The van der Waals surface area contributed by atoms with Crippen molar-refractivity contribution in [2.75, 3.05) is 29.9 Å². The molecule has 1 saturated heterocycles. The predicted molar refractivity (Wildman–Crippen MR) is 78.9 cm³/mol. The molecule has 106 valence electrons. The normalized spacial score (nSPS) is 14.8. The van der Waals surface area contributed by atoms with Crippen molar-refractivity contribution in [3.8, 4) is 0 Å². The van der Waals surface area contributed by atoms with Gasteiger partial charge in [0.1, 0.15) is 23.8 Å². The smallest absolute Gasteiger partial charge is 0.134 e. The lowest BCUT2D eigenvalue weighted by Gasteiger charge is -2.16. The van der Waals surface area contributed by atoms with E-state index >= 15 is 0 Å². The Kier molecular flexibility index (Phi) is 3.80. The van der Waals surface area contributed by atoms with Crippen molar-refractivity contribution in [2.24, 2.45) is 0 Å². The molecule has 1 fully saturated rings.